The molecule has 8 nitrogen and oxygen atoms in total. The second kappa shape index (κ2) is 13.6. The molecule has 0 radical (unpaired) electrons. The van der Waals surface area contributed by atoms with Crippen molar-refractivity contribution in [1.29, 1.82) is 0 Å². The Balaban J connectivity index is 1.58. The first kappa shape index (κ1) is 27.1. The quantitative estimate of drug-likeness (QED) is 0.194. The van der Waals surface area contributed by atoms with Crippen molar-refractivity contribution in [3.8, 4) is 35.2 Å². The highest BCUT2D eigenvalue weighted by Gasteiger charge is 2.06. The zero-order valence-electron chi connectivity index (χ0n) is 19.7. The van der Waals surface area contributed by atoms with Crippen LogP contribution in [0.4, 0.5) is 8.78 Å². The van der Waals surface area contributed by atoms with Gasteiger partial charge in [0, 0.05) is 35.7 Å². The third kappa shape index (κ3) is 8.33. The van der Waals surface area contributed by atoms with E-state index in [1.54, 1.807) is 0 Å². The lowest BCUT2D eigenvalue weighted by molar-refractivity contribution is -0.145. The minimum Gasteiger partial charge on any atom is -0.454 e. The van der Waals surface area contributed by atoms with Crippen LogP contribution in [0.2, 0.25) is 0 Å². The van der Waals surface area contributed by atoms with Gasteiger partial charge in [0.25, 0.3) is 0 Å². The molecule has 1 heterocycles. The summed E-state index contributed by atoms with van der Waals surface area (Å²) in [7, 11) is 0. The van der Waals surface area contributed by atoms with Gasteiger partial charge < -0.3 is 18.9 Å². The monoisotopic (exact) mass is 516 g/mol. The number of carbonyl (C=O) groups is 2. The Morgan fingerprint density at radius 1 is 0.737 bits per heavy atom. The van der Waals surface area contributed by atoms with E-state index in [9.17, 15) is 18.4 Å². The van der Waals surface area contributed by atoms with E-state index in [4.69, 9.17) is 9.47 Å². The number of aromatic nitrogens is 2. The van der Waals surface area contributed by atoms with Crippen molar-refractivity contribution in [2.75, 3.05) is 13.6 Å². The molecule has 0 bridgehead atoms. The summed E-state index contributed by atoms with van der Waals surface area (Å²) in [6.07, 6.45) is 4.81. The molecule has 0 saturated carbocycles. The normalized spacial score (nSPS) is 9.53. The Morgan fingerprint density at radius 3 is 1.63 bits per heavy atom. The van der Waals surface area contributed by atoms with Crippen LogP contribution in [-0.4, -0.2) is 35.5 Å². The highest BCUT2D eigenvalue weighted by molar-refractivity contribution is 5.81. The maximum Gasteiger partial charge on any atom is 0.333 e. The van der Waals surface area contributed by atoms with Crippen LogP contribution in [0.5, 0.6) is 11.5 Å². The summed E-state index contributed by atoms with van der Waals surface area (Å²) in [5.74, 6) is 8.24. The largest absolute Gasteiger partial charge is 0.454 e. The lowest BCUT2D eigenvalue weighted by Crippen LogP contribution is -2.08. The van der Waals surface area contributed by atoms with Gasteiger partial charge in [-0.1, -0.05) is 30.9 Å². The van der Waals surface area contributed by atoms with Crippen LogP contribution >= 0.6 is 0 Å². The molecule has 0 aliphatic heterocycles. The first-order valence-corrected chi connectivity index (χ1v) is 10.7. The van der Waals surface area contributed by atoms with Gasteiger partial charge >= 0.3 is 11.9 Å². The summed E-state index contributed by atoms with van der Waals surface area (Å²) in [6.45, 7) is 5.57. The van der Waals surface area contributed by atoms with E-state index >= 15 is 0 Å². The molecule has 2 aromatic carbocycles. The summed E-state index contributed by atoms with van der Waals surface area (Å²) in [5, 5.41) is 0. The van der Waals surface area contributed by atoms with Crippen LogP contribution < -0.4 is 9.47 Å². The van der Waals surface area contributed by atoms with Gasteiger partial charge in [-0.25, -0.2) is 28.3 Å². The predicted molar refractivity (Wildman–Crippen MR) is 130 cm³/mol. The number of carbonyl (C=O) groups excluding carboxylic acids is 2. The highest BCUT2D eigenvalue weighted by atomic mass is 19.1. The summed E-state index contributed by atoms with van der Waals surface area (Å²) in [6, 6.07) is 8.08. The van der Waals surface area contributed by atoms with Crippen molar-refractivity contribution >= 4 is 11.9 Å². The van der Waals surface area contributed by atoms with E-state index in [0.717, 1.165) is 18.2 Å². The zero-order valence-corrected chi connectivity index (χ0v) is 19.7. The van der Waals surface area contributed by atoms with Crippen LogP contribution in [0.3, 0.4) is 0 Å². The van der Waals surface area contributed by atoms with Crippen molar-refractivity contribution in [3.05, 3.63) is 108 Å². The SMILES string of the molecule is C=CC(=O)OCOc1ccc(C#Cc2cnc(C#Cc3ccc(OCOC(=O)C=C)c(F)c3)nc2)cc1F. The summed E-state index contributed by atoms with van der Waals surface area (Å²) < 4.78 is 47.7. The van der Waals surface area contributed by atoms with Gasteiger partial charge in [-0.05, 0) is 42.3 Å². The predicted octanol–water partition coefficient (Wildman–Crippen LogP) is 3.69. The molecule has 0 spiro atoms. The molecule has 0 aliphatic carbocycles. The van der Waals surface area contributed by atoms with Gasteiger partial charge in [0.1, 0.15) is 0 Å². The minimum absolute atomic E-state index is 0.102. The number of halogens is 2. The fraction of sp³-hybridized carbons (Fsp3) is 0.0714. The second-order valence-corrected chi connectivity index (χ2v) is 6.95. The maximum atomic E-state index is 14.2. The van der Waals surface area contributed by atoms with Crippen molar-refractivity contribution in [3.63, 3.8) is 0 Å². The smallest absolute Gasteiger partial charge is 0.333 e. The van der Waals surface area contributed by atoms with E-state index in [1.165, 1.54) is 42.7 Å². The molecule has 0 N–H and O–H groups in total. The lowest BCUT2D eigenvalue weighted by atomic mass is 10.2. The number of esters is 2. The standard InChI is InChI=1S/C28H18F2N2O6/c1-3-27(33)37-17-35-24-10-7-19(13-22(24)29)5-6-21-15-31-26(32-16-21)12-9-20-8-11-25(23(30)14-20)36-18-38-28(34)4-2/h3-4,7-8,10-11,13-16H,1-2,17-18H2. The van der Waals surface area contributed by atoms with Crippen molar-refractivity contribution < 1.29 is 37.3 Å². The van der Waals surface area contributed by atoms with E-state index in [2.05, 4.69) is 56.3 Å². The molecular weight excluding hydrogens is 498 g/mol. The van der Waals surface area contributed by atoms with Gasteiger partial charge in [-0.2, -0.15) is 0 Å². The Labute approximate surface area is 216 Å². The third-order valence-electron chi connectivity index (χ3n) is 4.35. The van der Waals surface area contributed by atoms with Gasteiger partial charge in [0.05, 0.1) is 5.56 Å². The molecule has 3 rings (SSSR count). The lowest BCUT2D eigenvalue weighted by Gasteiger charge is -2.07. The second-order valence-electron chi connectivity index (χ2n) is 6.95. The maximum absolute atomic E-state index is 14.2. The van der Waals surface area contributed by atoms with Crippen LogP contribution in [-0.2, 0) is 19.1 Å². The average Bonchev–Trinajstić information content (AvgIpc) is 2.93. The van der Waals surface area contributed by atoms with Crippen LogP contribution in [0.25, 0.3) is 0 Å². The number of ether oxygens (including phenoxy) is 4. The molecule has 10 heteroatoms. The van der Waals surface area contributed by atoms with Gasteiger partial charge in [0.2, 0.25) is 19.4 Å². The minimum atomic E-state index is -0.690. The van der Waals surface area contributed by atoms with E-state index in [1.807, 2.05) is 0 Å². The first-order valence-electron chi connectivity index (χ1n) is 10.7. The van der Waals surface area contributed by atoms with Gasteiger partial charge in [-0.15, -0.1) is 0 Å². The Hall–Kier alpha value is -5.48. The highest BCUT2D eigenvalue weighted by Crippen LogP contribution is 2.19. The summed E-state index contributed by atoms with van der Waals surface area (Å²) in [4.78, 5) is 30.1. The molecule has 3 aromatic rings. The molecule has 1 aromatic heterocycles. The summed E-state index contributed by atoms with van der Waals surface area (Å²) in [5.41, 5.74) is 1.17. The van der Waals surface area contributed by atoms with Gasteiger partial charge in [0.15, 0.2) is 23.1 Å². The fourth-order valence-electron chi connectivity index (χ4n) is 2.54. The average molecular weight is 516 g/mol. The Bertz CT molecular complexity index is 1370. The number of hydrogen-bond acceptors (Lipinski definition) is 8. The van der Waals surface area contributed by atoms with Crippen molar-refractivity contribution in [2.45, 2.75) is 0 Å². The van der Waals surface area contributed by atoms with E-state index in [0.29, 0.717) is 16.7 Å². The van der Waals surface area contributed by atoms with Crippen LogP contribution in [0, 0.1) is 35.3 Å². The van der Waals surface area contributed by atoms with Crippen LogP contribution in [0.15, 0.2) is 74.1 Å². The Morgan fingerprint density at radius 2 is 1.18 bits per heavy atom. The zero-order chi connectivity index (χ0) is 27.3. The third-order valence-corrected chi connectivity index (χ3v) is 4.35. The van der Waals surface area contributed by atoms with E-state index in [-0.39, 0.29) is 17.3 Å². The first-order chi connectivity index (χ1) is 18.4. The van der Waals surface area contributed by atoms with Crippen LogP contribution in [0.1, 0.15) is 22.5 Å². The number of rotatable bonds is 8. The van der Waals surface area contributed by atoms with Gasteiger partial charge in [-0.3, -0.25) is 0 Å². The molecule has 0 atom stereocenters. The van der Waals surface area contributed by atoms with Crippen molar-refractivity contribution in [2.24, 2.45) is 0 Å². The number of nitrogens with zero attached hydrogens (tertiary/aromatic N) is 2. The van der Waals surface area contributed by atoms with E-state index < -0.39 is 37.2 Å². The topological polar surface area (TPSA) is 96.8 Å². The molecule has 38 heavy (non-hydrogen) atoms. The Kier molecular flexibility index (Phi) is 9.68. The molecular formula is C28H18F2N2O6. The molecule has 0 unspecified atom stereocenters. The molecule has 0 amide bonds. The molecule has 0 aliphatic rings. The summed E-state index contributed by atoms with van der Waals surface area (Å²) >= 11 is 0. The fourth-order valence-corrected chi connectivity index (χ4v) is 2.54. The number of hydrogen-bond donors (Lipinski definition) is 0. The molecule has 0 fully saturated rings. The van der Waals surface area contributed by atoms with Crippen molar-refractivity contribution in [1.82, 2.24) is 9.97 Å². The molecule has 0 saturated heterocycles. The molecule has 190 valence electrons. The number of benzene rings is 2.